The largest absolute Gasteiger partial charge is 0.295 e. The number of alkyl halides is 1. The summed E-state index contributed by atoms with van der Waals surface area (Å²) in [4.78, 5) is 2.45. The number of nitrogens with zero attached hydrogens (tertiary/aromatic N) is 1. The average molecular weight is 239 g/mol. The number of hydrogen-bond acceptors (Lipinski definition) is 1. The molecule has 1 unspecified atom stereocenters. The fourth-order valence-corrected chi connectivity index (χ4v) is 1.93. The third-order valence-electron chi connectivity index (χ3n) is 1.93. The van der Waals surface area contributed by atoms with Crippen LogP contribution in [0.2, 0.25) is 0 Å². The Hall–Kier alpha value is 0.690. The van der Waals surface area contributed by atoms with Crippen LogP contribution in [0.3, 0.4) is 0 Å². The van der Waals surface area contributed by atoms with E-state index in [1.165, 1.54) is 32.2 Å². The van der Waals surface area contributed by atoms with Gasteiger partial charge in [-0.1, -0.05) is 35.4 Å². The minimum atomic E-state index is 0.796. The zero-order valence-corrected chi connectivity index (χ0v) is 8.10. The van der Waals surface area contributed by atoms with Gasteiger partial charge in [0.1, 0.15) is 0 Å². The SMILES string of the molecule is CN1CCCCCC1I. The summed E-state index contributed by atoms with van der Waals surface area (Å²) in [7, 11) is 2.22. The molecular formula is C7H14IN. The van der Waals surface area contributed by atoms with Crippen LogP contribution in [0.1, 0.15) is 25.7 Å². The normalized spacial score (nSPS) is 32.0. The van der Waals surface area contributed by atoms with Gasteiger partial charge in [-0.25, -0.2) is 0 Å². The molecule has 1 aliphatic heterocycles. The molecule has 1 fully saturated rings. The number of rotatable bonds is 0. The predicted octanol–water partition coefficient (Wildman–Crippen LogP) is 2.25. The molecule has 0 saturated carbocycles. The molecule has 0 amide bonds. The molecule has 0 bridgehead atoms. The van der Waals surface area contributed by atoms with E-state index in [2.05, 4.69) is 34.5 Å². The first-order valence-corrected chi connectivity index (χ1v) is 4.89. The maximum Gasteiger partial charge on any atom is 0.0616 e. The topological polar surface area (TPSA) is 3.24 Å². The summed E-state index contributed by atoms with van der Waals surface area (Å²) in [5, 5.41) is 0. The molecule has 1 atom stereocenters. The molecule has 0 N–H and O–H groups in total. The second kappa shape index (κ2) is 3.76. The first kappa shape index (κ1) is 7.79. The first-order chi connectivity index (χ1) is 4.30. The van der Waals surface area contributed by atoms with Crippen LogP contribution in [0.15, 0.2) is 0 Å². The highest BCUT2D eigenvalue weighted by Gasteiger charge is 2.12. The van der Waals surface area contributed by atoms with Gasteiger partial charge in [-0.3, -0.25) is 4.90 Å². The van der Waals surface area contributed by atoms with Crippen LogP contribution >= 0.6 is 22.6 Å². The van der Waals surface area contributed by atoms with Crippen LogP contribution in [0.25, 0.3) is 0 Å². The Bertz CT molecular complexity index is 75.0. The molecule has 9 heavy (non-hydrogen) atoms. The molecule has 2 heteroatoms. The van der Waals surface area contributed by atoms with E-state index < -0.39 is 0 Å². The average Bonchev–Trinajstić information content (AvgIpc) is 1.99. The van der Waals surface area contributed by atoms with E-state index in [1.807, 2.05) is 0 Å². The van der Waals surface area contributed by atoms with E-state index in [1.54, 1.807) is 0 Å². The van der Waals surface area contributed by atoms with Crippen LogP contribution < -0.4 is 0 Å². The van der Waals surface area contributed by atoms with Crippen LogP contribution in [-0.4, -0.2) is 22.5 Å². The van der Waals surface area contributed by atoms with Crippen molar-refractivity contribution in [2.75, 3.05) is 13.6 Å². The Morgan fingerprint density at radius 3 is 2.89 bits per heavy atom. The van der Waals surface area contributed by atoms with Crippen LogP contribution in [0.4, 0.5) is 0 Å². The summed E-state index contributed by atoms with van der Waals surface area (Å²) in [5.74, 6) is 0. The van der Waals surface area contributed by atoms with Crippen LogP contribution in [0.5, 0.6) is 0 Å². The minimum Gasteiger partial charge on any atom is -0.295 e. The van der Waals surface area contributed by atoms with Gasteiger partial charge in [-0.05, 0) is 26.4 Å². The monoisotopic (exact) mass is 239 g/mol. The Kier molecular flexibility index (Phi) is 3.26. The van der Waals surface area contributed by atoms with Gasteiger partial charge in [0.25, 0.3) is 0 Å². The highest BCUT2D eigenvalue weighted by molar-refractivity contribution is 14.1. The summed E-state index contributed by atoms with van der Waals surface area (Å²) in [6, 6.07) is 0. The molecule has 1 heterocycles. The van der Waals surface area contributed by atoms with Gasteiger partial charge in [-0.2, -0.15) is 0 Å². The van der Waals surface area contributed by atoms with Crippen molar-refractivity contribution in [1.29, 1.82) is 0 Å². The molecule has 0 aliphatic carbocycles. The van der Waals surface area contributed by atoms with Gasteiger partial charge in [0.2, 0.25) is 0 Å². The predicted molar refractivity (Wildman–Crippen MR) is 48.9 cm³/mol. The number of likely N-dealkylation sites (tertiary alicyclic amines) is 1. The minimum absolute atomic E-state index is 0.796. The Labute approximate surface area is 70.9 Å². The smallest absolute Gasteiger partial charge is 0.0616 e. The molecular weight excluding hydrogens is 225 g/mol. The molecule has 1 saturated heterocycles. The zero-order valence-electron chi connectivity index (χ0n) is 5.94. The van der Waals surface area contributed by atoms with Crippen LogP contribution in [0, 0.1) is 0 Å². The van der Waals surface area contributed by atoms with Gasteiger partial charge in [0.15, 0.2) is 0 Å². The standard InChI is InChI=1S/C7H14IN/c1-9-6-4-2-3-5-7(9)8/h7H,2-6H2,1H3. The lowest BCUT2D eigenvalue weighted by Crippen LogP contribution is -2.25. The second-order valence-corrected chi connectivity index (χ2v) is 4.20. The van der Waals surface area contributed by atoms with Crippen molar-refractivity contribution in [2.24, 2.45) is 0 Å². The van der Waals surface area contributed by atoms with E-state index in [0.29, 0.717) is 0 Å². The van der Waals surface area contributed by atoms with Crippen molar-refractivity contribution in [3.8, 4) is 0 Å². The molecule has 0 aromatic carbocycles. The zero-order chi connectivity index (χ0) is 6.69. The van der Waals surface area contributed by atoms with Gasteiger partial charge >= 0.3 is 0 Å². The third kappa shape index (κ3) is 2.42. The summed E-state index contributed by atoms with van der Waals surface area (Å²) >= 11 is 2.53. The lowest BCUT2D eigenvalue weighted by Gasteiger charge is -2.18. The lowest BCUT2D eigenvalue weighted by atomic mass is 10.2. The summed E-state index contributed by atoms with van der Waals surface area (Å²) in [6.45, 7) is 1.30. The Balaban J connectivity index is 2.32. The molecule has 54 valence electrons. The summed E-state index contributed by atoms with van der Waals surface area (Å²) in [5.41, 5.74) is 0. The molecule has 0 aromatic heterocycles. The molecule has 0 spiro atoms. The molecule has 1 nitrogen and oxygen atoms in total. The first-order valence-electron chi connectivity index (χ1n) is 3.65. The molecule has 0 aromatic rings. The maximum atomic E-state index is 2.53. The Morgan fingerprint density at radius 2 is 2.11 bits per heavy atom. The van der Waals surface area contributed by atoms with E-state index >= 15 is 0 Å². The van der Waals surface area contributed by atoms with E-state index in [-0.39, 0.29) is 0 Å². The van der Waals surface area contributed by atoms with Crippen molar-refractivity contribution in [3.63, 3.8) is 0 Å². The van der Waals surface area contributed by atoms with Crippen molar-refractivity contribution in [1.82, 2.24) is 4.90 Å². The quantitative estimate of drug-likeness (QED) is 0.356. The van der Waals surface area contributed by atoms with Crippen molar-refractivity contribution >= 4 is 22.6 Å². The molecule has 1 aliphatic rings. The summed E-state index contributed by atoms with van der Waals surface area (Å²) in [6.07, 6.45) is 5.65. The van der Waals surface area contributed by atoms with Crippen molar-refractivity contribution in [3.05, 3.63) is 0 Å². The highest BCUT2D eigenvalue weighted by atomic mass is 127. The van der Waals surface area contributed by atoms with E-state index in [9.17, 15) is 0 Å². The van der Waals surface area contributed by atoms with Gasteiger partial charge in [0.05, 0.1) is 4.05 Å². The fourth-order valence-electron chi connectivity index (χ4n) is 1.21. The highest BCUT2D eigenvalue weighted by Crippen LogP contribution is 2.19. The Morgan fingerprint density at radius 1 is 1.33 bits per heavy atom. The number of hydrogen-bond donors (Lipinski definition) is 0. The van der Waals surface area contributed by atoms with Crippen LogP contribution in [-0.2, 0) is 0 Å². The second-order valence-electron chi connectivity index (χ2n) is 2.76. The lowest BCUT2D eigenvalue weighted by molar-refractivity contribution is 0.334. The maximum absolute atomic E-state index is 2.53. The third-order valence-corrected chi connectivity index (χ3v) is 3.51. The van der Waals surface area contributed by atoms with Gasteiger partial charge in [-0.15, -0.1) is 0 Å². The number of halogens is 1. The fraction of sp³-hybridized carbons (Fsp3) is 1.00. The molecule has 0 radical (unpaired) electrons. The van der Waals surface area contributed by atoms with Crippen molar-refractivity contribution in [2.45, 2.75) is 29.7 Å². The van der Waals surface area contributed by atoms with E-state index in [0.717, 1.165) is 4.05 Å². The van der Waals surface area contributed by atoms with Gasteiger partial charge < -0.3 is 0 Å². The summed E-state index contributed by atoms with van der Waals surface area (Å²) < 4.78 is 0.796. The molecule has 1 rings (SSSR count). The van der Waals surface area contributed by atoms with E-state index in [4.69, 9.17) is 0 Å². The van der Waals surface area contributed by atoms with Crippen molar-refractivity contribution < 1.29 is 0 Å². The van der Waals surface area contributed by atoms with Gasteiger partial charge in [0, 0.05) is 0 Å².